The Morgan fingerprint density at radius 1 is 1.10 bits per heavy atom. The number of ether oxygens (including phenoxy) is 1. The summed E-state index contributed by atoms with van der Waals surface area (Å²) in [5.41, 5.74) is 2.62. The lowest BCUT2D eigenvalue weighted by Gasteiger charge is -2.41. The van der Waals surface area contributed by atoms with Crippen LogP contribution in [-0.4, -0.2) is 68.1 Å². The maximum Gasteiger partial charge on any atom is 0.254 e. The van der Waals surface area contributed by atoms with Gasteiger partial charge in [-0.25, -0.2) is 0 Å². The molecule has 31 heavy (non-hydrogen) atoms. The lowest BCUT2D eigenvalue weighted by Crippen LogP contribution is -2.56. The van der Waals surface area contributed by atoms with Gasteiger partial charge in [0.1, 0.15) is 5.41 Å². The quantitative estimate of drug-likeness (QED) is 0.817. The van der Waals surface area contributed by atoms with Gasteiger partial charge in [0.25, 0.3) is 5.91 Å². The van der Waals surface area contributed by atoms with Crippen LogP contribution >= 0.6 is 0 Å². The normalized spacial score (nSPS) is 21.6. The van der Waals surface area contributed by atoms with E-state index in [1.165, 1.54) is 0 Å². The van der Waals surface area contributed by atoms with Crippen LogP contribution in [0.3, 0.4) is 0 Å². The molecule has 2 aliphatic heterocycles. The van der Waals surface area contributed by atoms with E-state index in [1.807, 2.05) is 42.2 Å². The molecule has 2 aromatic rings. The molecule has 0 bridgehead atoms. The van der Waals surface area contributed by atoms with Crippen LogP contribution in [0.2, 0.25) is 0 Å². The number of aromatic nitrogens is 1. The molecule has 0 unspecified atom stereocenters. The molecule has 7 nitrogen and oxygen atoms in total. The van der Waals surface area contributed by atoms with Crippen molar-refractivity contribution < 1.29 is 14.3 Å². The Morgan fingerprint density at radius 2 is 1.90 bits per heavy atom. The number of nitrogens with zero attached hydrogens (tertiary/aromatic N) is 3. The molecule has 2 aliphatic rings. The highest BCUT2D eigenvalue weighted by molar-refractivity contribution is 5.98. The monoisotopic (exact) mass is 422 g/mol. The van der Waals surface area contributed by atoms with Gasteiger partial charge >= 0.3 is 0 Å². The van der Waals surface area contributed by atoms with Gasteiger partial charge in [-0.2, -0.15) is 0 Å². The predicted molar refractivity (Wildman–Crippen MR) is 119 cm³/mol. The summed E-state index contributed by atoms with van der Waals surface area (Å²) in [5, 5.41) is 2.80. The second-order valence-electron chi connectivity index (χ2n) is 8.26. The number of anilines is 1. The van der Waals surface area contributed by atoms with Gasteiger partial charge in [0, 0.05) is 50.7 Å². The van der Waals surface area contributed by atoms with E-state index in [9.17, 15) is 9.59 Å². The number of benzene rings is 1. The predicted octanol–water partition coefficient (Wildman–Crippen LogP) is 2.15. The fraction of sp³-hybridized carbons (Fsp3) is 0.458. The van der Waals surface area contributed by atoms with Crippen LogP contribution in [0.4, 0.5) is 5.69 Å². The van der Waals surface area contributed by atoms with Crippen molar-refractivity contribution >= 4 is 17.5 Å². The van der Waals surface area contributed by atoms with Crippen molar-refractivity contribution in [1.29, 1.82) is 0 Å². The Hall–Kier alpha value is -2.93. The molecule has 0 radical (unpaired) electrons. The first kappa shape index (κ1) is 21.3. The number of hydrogen-bond donors (Lipinski definition) is 1. The van der Waals surface area contributed by atoms with Crippen molar-refractivity contribution in [2.45, 2.75) is 25.2 Å². The molecule has 4 rings (SSSR count). The molecule has 0 aliphatic carbocycles. The standard InChI is InChI=1S/C24H30N4O3/c1-18-19(7-5-8-20(18)27-13-15-31-16-14-27)22(29)28-12-6-10-24(17-28,23(30)25-2)21-9-3-4-11-26-21/h3-5,7-9,11H,6,10,12-17H2,1-2H3,(H,25,30)/t24-/m1/s1. The van der Waals surface area contributed by atoms with Gasteiger partial charge < -0.3 is 19.9 Å². The average molecular weight is 423 g/mol. The van der Waals surface area contributed by atoms with Gasteiger partial charge in [0.2, 0.25) is 5.91 Å². The highest BCUT2D eigenvalue weighted by atomic mass is 16.5. The van der Waals surface area contributed by atoms with Gasteiger partial charge in [-0.1, -0.05) is 12.1 Å². The summed E-state index contributed by atoms with van der Waals surface area (Å²) in [6.45, 7) is 6.00. The minimum absolute atomic E-state index is 0.0310. The number of hydrogen-bond acceptors (Lipinski definition) is 5. The first-order chi connectivity index (χ1) is 15.1. The molecule has 0 spiro atoms. The second-order valence-corrected chi connectivity index (χ2v) is 8.26. The fourth-order valence-corrected chi connectivity index (χ4v) is 4.80. The number of rotatable bonds is 4. The molecule has 0 saturated carbocycles. The molecular formula is C24H30N4O3. The van der Waals surface area contributed by atoms with Crippen molar-refractivity contribution in [3.05, 3.63) is 59.4 Å². The molecule has 2 saturated heterocycles. The fourth-order valence-electron chi connectivity index (χ4n) is 4.80. The highest BCUT2D eigenvalue weighted by Gasteiger charge is 2.45. The van der Waals surface area contributed by atoms with Gasteiger partial charge in [0.05, 0.1) is 18.9 Å². The van der Waals surface area contributed by atoms with Crippen LogP contribution < -0.4 is 10.2 Å². The number of amides is 2. The highest BCUT2D eigenvalue weighted by Crippen LogP contribution is 2.35. The summed E-state index contributed by atoms with van der Waals surface area (Å²) < 4.78 is 5.47. The summed E-state index contributed by atoms with van der Waals surface area (Å²) in [4.78, 5) is 35.2. The van der Waals surface area contributed by atoms with E-state index in [1.54, 1.807) is 13.2 Å². The Labute approximate surface area is 183 Å². The summed E-state index contributed by atoms with van der Waals surface area (Å²) >= 11 is 0. The van der Waals surface area contributed by atoms with E-state index in [0.29, 0.717) is 44.0 Å². The van der Waals surface area contributed by atoms with Gasteiger partial charge in [-0.15, -0.1) is 0 Å². The van der Waals surface area contributed by atoms with E-state index < -0.39 is 5.41 Å². The van der Waals surface area contributed by atoms with Gasteiger partial charge in [-0.05, 0) is 49.6 Å². The summed E-state index contributed by atoms with van der Waals surface area (Å²) in [6.07, 6.45) is 3.12. The van der Waals surface area contributed by atoms with Crippen LogP contribution in [0, 0.1) is 6.92 Å². The van der Waals surface area contributed by atoms with Crippen LogP contribution in [0.5, 0.6) is 0 Å². The number of pyridine rings is 1. The zero-order valence-corrected chi connectivity index (χ0v) is 18.3. The van der Waals surface area contributed by atoms with Crippen LogP contribution in [0.25, 0.3) is 0 Å². The molecule has 2 fully saturated rings. The molecule has 3 heterocycles. The lowest BCUT2D eigenvalue weighted by atomic mass is 9.75. The van der Waals surface area contributed by atoms with Crippen molar-refractivity contribution in [2.75, 3.05) is 51.3 Å². The number of carbonyl (C=O) groups is 2. The number of piperidine rings is 1. The first-order valence-electron chi connectivity index (χ1n) is 10.9. The average Bonchev–Trinajstić information content (AvgIpc) is 2.84. The molecule has 2 amide bonds. The minimum Gasteiger partial charge on any atom is -0.378 e. The van der Waals surface area contributed by atoms with Crippen LogP contribution in [0.15, 0.2) is 42.6 Å². The Morgan fingerprint density at radius 3 is 2.61 bits per heavy atom. The second kappa shape index (κ2) is 9.06. The van der Waals surface area contributed by atoms with E-state index in [2.05, 4.69) is 21.3 Å². The first-order valence-corrected chi connectivity index (χ1v) is 10.9. The minimum atomic E-state index is -0.834. The maximum absolute atomic E-state index is 13.6. The Balaban J connectivity index is 1.64. The van der Waals surface area contributed by atoms with Crippen molar-refractivity contribution in [3.63, 3.8) is 0 Å². The van der Waals surface area contributed by atoms with E-state index >= 15 is 0 Å². The Kier molecular flexibility index (Phi) is 6.23. The molecule has 1 aromatic carbocycles. The van der Waals surface area contributed by atoms with E-state index in [0.717, 1.165) is 30.8 Å². The van der Waals surface area contributed by atoms with E-state index in [4.69, 9.17) is 4.74 Å². The maximum atomic E-state index is 13.6. The zero-order valence-electron chi connectivity index (χ0n) is 18.3. The number of carbonyl (C=O) groups excluding carboxylic acids is 2. The topological polar surface area (TPSA) is 74.8 Å². The number of nitrogens with one attached hydrogen (secondary N) is 1. The number of likely N-dealkylation sites (tertiary alicyclic amines) is 1. The molecular weight excluding hydrogens is 392 g/mol. The SMILES string of the molecule is CNC(=O)[C@]1(c2ccccn2)CCCN(C(=O)c2cccc(N3CCOCC3)c2C)C1. The smallest absolute Gasteiger partial charge is 0.254 e. The summed E-state index contributed by atoms with van der Waals surface area (Å²) in [6, 6.07) is 11.5. The van der Waals surface area contributed by atoms with E-state index in [-0.39, 0.29) is 11.8 Å². The van der Waals surface area contributed by atoms with Crippen molar-refractivity contribution in [2.24, 2.45) is 0 Å². The van der Waals surface area contributed by atoms with Crippen LogP contribution in [0.1, 0.15) is 34.5 Å². The molecule has 7 heteroatoms. The third-order valence-electron chi connectivity index (χ3n) is 6.48. The number of morpholine rings is 1. The summed E-state index contributed by atoms with van der Waals surface area (Å²) in [7, 11) is 1.64. The van der Waals surface area contributed by atoms with Crippen molar-refractivity contribution in [1.82, 2.24) is 15.2 Å². The van der Waals surface area contributed by atoms with Crippen molar-refractivity contribution in [3.8, 4) is 0 Å². The third kappa shape index (κ3) is 4.02. The third-order valence-corrected chi connectivity index (χ3v) is 6.48. The molecule has 1 N–H and O–H groups in total. The molecule has 1 aromatic heterocycles. The Bertz CT molecular complexity index is 943. The van der Waals surface area contributed by atoms with Crippen LogP contribution in [-0.2, 0) is 14.9 Å². The van der Waals surface area contributed by atoms with Gasteiger partial charge in [0.15, 0.2) is 0 Å². The van der Waals surface area contributed by atoms with Gasteiger partial charge in [-0.3, -0.25) is 14.6 Å². The number of likely N-dealkylation sites (N-methyl/N-ethyl adjacent to an activating group) is 1. The lowest BCUT2D eigenvalue weighted by molar-refractivity contribution is -0.128. The zero-order chi connectivity index (χ0) is 21.8. The largest absolute Gasteiger partial charge is 0.378 e. The molecule has 1 atom stereocenters. The summed E-state index contributed by atoms with van der Waals surface area (Å²) in [5.74, 6) is -0.126. The molecule has 164 valence electrons.